The molecule has 0 spiro atoms. The van der Waals surface area contributed by atoms with Crippen molar-refractivity contribution in [3.8, 4) is 5.75 Å². The Morgan fingerprint density at radius 2 is 2.00 bits per heavy atom. The molecule has 0 aliphatic rings. The van der Waals surface area contributed by atoms with Crippen molar-refractivity contribution in [1.29, 1.82) is 0 Å². The van der Waals surface area contributed by atoms with Gasteiger partial charge < -0.3 is 10.1 Å². The van der Waals surface area contributed by atoms with Crippen LogP contribution in [0.2, 0.25) is 0 Å². The van der Waals surface area contributed by atoms with Gasteiger partial charge in [-0.05, 0) is 31.0 Å². The standard InChI is InChI=1S/C16H22N2O/c1-13(2)8-10-17-11-12-19-15-7-3-5-14-6-4-9-18-16(14)15/h3-7,9,13,17H,8,10-12H2,1-2H3. The molecule has 0 amide bonds. The molecule has 0 unspecified atom stereocenters. The molecular formula is C16H22N2O. The predicted molar refractivity (Wildman–Crippen MR) is 79.6 cm³/mol. The van der Waals surface area contributed by atoms with Crippen LogP contribution in [0, 0.1) is 5.92 Å². The Labute approximate surface area is 115 Å². The van der Waals surface area contributed by atoms with Gasteiger partial charge in [0.05, 0.1) is 0 Å². The summed E-state index contributed by atoms with van der Waals surface area (Å²) in [5, 5.41) is 4.51. The molecule has 19 heavy (non-hydrogen) atoms. The molecule has 3 heteroatoms. The summed E-state index contributed by atoms with van der Waals surface area (Å²) >= 11 is 0. The molecular weight excluding hydrogens is 236 g/mol. The lowest BCUT2D eigenvalue weighted by molar-refractivity contribution is 0.315. The Morgan fingerprint density at radius 1 is 1.16 bits per heavy atom. The second kappa shape index (κ2) is 7.10. The number of rotatable bonds is 7. The number of pyridine rings is 1. The molecule has 2 rings (SSSR count). The van der Waals surface area contributed by atoms with E-state index in [-0.39, 0.29) is 0 Å². The zero-order valence-corrected chi connectivity index (χ0v) is 11.7. The van der Waals surface area contributed by atoms with Crippen LogP contribution in [0.4, 0.5) is 0 Å². The monoisotopic (exact) mass is 258 g/mol. The van der Waals surface area contributed by atoms with Crippen molar-refractivity contribution in [3.63, 3.8) is 0 Å². The first-order valence-corrected chi connectivity index (χ1v) is 6.94. The van der Waals surface area contributed by atoms with E-state index in [1.54, 1.807) is 6.20 Å². The summed E-state index contributed by atoms with van der Waals surface area (Å²) in [5.41, 5.74) is 0.937. The lowest BCUT2D eigenvalue weighted by atomic mass is 10.1. The van der Waals surface area contributed by atoms with Crippen LogP contribution in [-0.4, -0.2) is 24.7 Å². The van der Waals surface area contributed by atoms with E-state index in [0.29, 0.717) is 6.61 Å². The van der Waals surface area contributed by atoms with Crippen LogP contribution in [0.15, 0.2) is 36.5 Å². The number of ether oxygens (including phenoxy) is 1. The van der Waals surface area contributed by atoms with Crippen LogP contribution in [0.25, 0.3) is 10.9 Å². The number of fused-ring (bicyclic) bond motifs is 1. The van der Waals surface area contributed by atoms with Gasteiger partial charge in [0.25, 0.3) is 0 Å². The fraction of sp³-hybridized carbons (Fsp3) is 0.438. The Morgan fingerprint density at radius 3 is 2.84 bits per heavy atom. The zero-order chi connectivity index (χ0) is 13.5. The maximum absolute atomic E-state index is 5.80. The van der Waals surface area contributed by atoms with Crippen LogP contribution in [-0.2, 0) is 0 Å². The Balaban J connectivity index is 1.82. The van der Waals surface area contributed by atoms with Gasteiger partial charge in [-0.2, -0.15) is 0 Å². The Hall–Kier alpha value is -1.61. The smallest absolute Gasteiger partial charge is 0.145 e. The van der Waals surface area contributed by atoms with E-state index in [4.69, 9.17) is 4.74 Å². The van der Waals surface area contributed by atoms with Crippen molar-refractivity contribution in [2.75, 3.05) is 19.7 Å². The minimum absolute atomic E-state index is 0.674. The van der Waals surface area contributed by atoms with Gasteiger partial charge in [-0.1, -0.05) is 32.0 Å². The maximum atomic E-state index is 5.80. The third-order valence-electron chi connectivity index (χ3n) is 3.03. The third-order valence-corrected chi connectivity index (χ3v) is 3.03. The number of para-hydroxylation sites is 1. The number of aromatic nitrogens is 1. The minimum Gasteiger partial charge on any atom is -0.490 e. The Kier molecular flexibility index (Phi) is 5.16. The summed E-state index contributed by atoms with van der Waals surface area (Å²) in [6.07, 6.45) is 3.01. The van der Waals surface area contributed by atoms with E-state index in [1.165, 1.54) is 6.42 Å². The van der Waals surface area contributed by atoms with Crippen molar-refractivity contribution < 1.29 is 4.74 Å². The average Bonchev–Trinajstić information content (AvgIpc) is 2.42. The zero-order valence-electron chi connectivity index (χ0n) is 11.7. The molecule has 0 saturated carbocycles. The molecule has 2 aromatic rings. The fourth-order valence-electron chi connectivity index (χ4n) is 1.94. The second-order valence-electron chi connectivity index (χ2n) is 5.11. The van der Waals surface area contributed by atoms with Crippen LogP contribution in [0.1, 0.15) is 20.3 Å². The fourth-order valence-corrected chi connectivity index (χ4v) is 1.94. The van der Waals surface area contributed by atoms with E-state index < -0.39 is 0 Å². The van der Waals surface area contributed by atoms with Crippen LogP contribution in [0.5, 0.6) is 5.75 Å². The van der Waals surface area contributed by atoms with Crippen molar-refractivity contribution in [3.05, 3.63) is 36.5 Å². The summed E-state index contributed by atoms with van der Waals surface area (Å²) in [6, 6.07) is 10.0. The largest absolute Gasteiger partial charge is 0.490 e. The molecule has 1 aromatic heterocycles. The number of benzene rings is 1. The van der Waals surface area contributed by atoms with E-state index in [1.807, 2.05) is 18.2 Å². The molecule has 1 N–H and O–H groups in total. The van der Waals surface area contributed by atoms with Crippen molar-refractivity contribution in [2.45, 2.75) is 20.3 Å². The highest BCUT2D eigenvalue weighted by Crippen LogP contribution is 2.22. The highest BCUT2D eigenvalue weighted by molar-refractivity contribution is 5.84. The summed E-state index contributed by atoms with van der Waals surface area (Å²) in [7, 11) is 0. The topological polar surface area (TPSA) is 34.1 Å². The summed E-state index contributed by atoms with van der Waals surface area (Å²) in [5.74, 6) is 1.61. The summed E-state index contributed by atoms with van der Waals surface area (Å²) in [6.45, 7) is 7.07. The van der Waals surface area contributed by atoms with Gasteiger partial charge in [-0.15, -0.1) is 0 Å². The molecule has 0 radical (unpaired) electrons. The summed E-state index contributed by atoms with van der Waals surface area (Å²) in [4.78, 5) is 4.37. The van der Waals surface area contributed by atoms with Crippen molar-refractivity contribution in [1.82, 2.24) is 10.3 Å². The molecule has 1 aromatic carbocycles. The molecule has 1 heterocycles. The molecule has 3 nitrogen and oxygen atoms in total. The van der Waals surface area contributed by atoms with Gasteiger partial charge in [-0.25, -0.2) is 0 Å². The van der Waals surface area contributed by atoms with E-state index in [9.17, 15) is 0 Å². The minimum atomic E-state index is 0.674. The highest BCUT2D eigenvalue weighted by Gasteiger charge is 2.02. The number of nitrogens with one attached hydrogen (secondary N) is 1. The first kappa shape index (κ1) is 13.8. The quantitative estimate of drug-likeness (QED) is 0.774. The summed E-state index contributed by atoms with van der Waals surface area (Å²) < 4.78 is 5.80. The predicted octanol–water partition coefficient (Wildman–Crippen LogP) is 3.25. The van der Waals surface area contributed by atoms with Gasteiger partial charge in [-0.3, -0.25) is 4.98 Å². The molecule has 0 atom stereocenters. The van der Waals surface area contributed by atoms with Crippen LogP contribution in [0.3, 0.4) is 0 Å². The van der Waals surface area contributed by atoms with Gasteiger partial charge >= 0.3 is 0 Å². The first-order chi connectivity index (χ1) is 9.27. The maximum Gasteiger partial charge on any atom is 0.145 e. The first-order valence-electron chi connectivity index (χ1n) is 6.94. The molecule has 0 aliphatic heterocycles. The Bertz CT molecular complexity index is 506. The number of hydrogen-bond donors (Lipinski definition) is 1. The van der Waals surface area contributed by atoms with Crippen molar-refractivity contribution in [2.24, 2.45) is 5.92 Å². The lowest BCUT2D eigenvalue weighted by Gasteiger charge is -2.10. The molecule has 0 aliphatic carbocycles. The van der Waals surface area contributed by atoms with Gasteiger partial charge in [0, 0.05) is 18.1 Å². The number of nitrogens with zero attached hydrogens (tertiary/aromatic N) is 1. The second-order valence-corrected chi connectivity index (χ2v) is 5.11. The van der Waals surface area contributed by atoms with Gasteiger partial charge in [0.1, 0.15) is 17.9 Å². The van der Waals surface area contributed by atoms with Crippen LogP contribution >= 0.6 is 0 Å². The molecule has 0 saturated heterocycles. The SMILES string of the molecule is CC(C)CCNCCOc1cccc2cccnc12. The van der Waals surface area contributed by atoms with Crippen LogP contribution < -0.4 is 10.1 Å². The average molecular weight is 258 g/mol. The van der Waals surface area contributed by atoms with Gasteiger partial charge in [0.15, 0.2) is 0 Å². The number of hydrogen-bond acceptors (Lipinski definition) is 3. The highest BCUT2D eigenvalue weighted by atomic mass is 16.5. The molecule has 102 valence electrons. The lowest BCUT2D eigenvalue weighted by Crippen LogP contribution is -2.23. The van der Waals surface area contributed by atoms with E-state index in [2.05, 4.69) is 36.3 Å². The van der Waals surface area contributed by atoms with E-state index in [0.717, 1.165) is 35.7 Å². The third kappa shape index (κ3) is 4.21. The van der Waals surface area contributed by atoms with Gasteiger partial charge in [0.2, 0.25) is 0 Å². The van der Waals surface area contributed by atoms with E-state index >= 15 is 0 Å². The molecule has 0 fully saturated rings. The molecule has 0 bridgehead atoms. The van der Waals surface area contributed by atoms with Crippen molar-refractivity contribution >= 4 is 10.9 Å². The normalized spacial score (nSPS) is 11.1.